The van der Waals surface area contributed by atoms with Crippen molar-refractivity contribution in [3.63, 3.8) is 0 Å². The van der Waals surface area contributed by atoms with Crippen LogP contribution in [-0.2, 0) is 0 Å². The Morgan fingerprint density at radius 3 is 2.80 bits per heavy atom. The van der Waals surface area contributed by atoms with Gasteiger partial charge in [0.2, 0.25) is 0 Å². The molecule has 0 aromatic heterocycles. The maximum absolute atomic E-state index is 12.9. The largest absolute Gasteiger partial charge is 0.314 e. The average molecular weight is 147 g/mol. The van der Waals surface area contributed by atoms with E-state index in [9.17, 15) is 8.78 Å². The fraction of sp³-hybridized carbons (Fsp3) is 1.00. The first-order valence-corrected chi connectivity index (χ1v) is 3.80. The van der Waals surface area contributed by atoms with Crippen LogP contribution < -0.4 is 5.32 Å². The molecule has 10 heavy (non-hydrogen) atoms. The Balaban J connectivity index is 2.15. The summed E-state index contributed by atoms with van der Waals surface area (Å²) < 4.78 is 25.7. The number of rotatable bonds is 0. The Bertz CT molecular complexity index is 147. The van der Waals surface area contributed by atoms with Crippen LogP contribution in [0.5, 0.6) is 0 Å². The zero-order chi connectivity index (χ0) is 7.19. The number of alkyl halides is 2. The lowest BCUT2D eigenvalue weighted by Crippen LogP contribution is -2.32. The molecule has 1 saturated heterocycles. The summed E-state index contributed by atoms with van der Waals surface area (Å²) in [6.07, 6.45) is 1.41. The molecule has 0 amide bonds. The van der Waals surface area contributed by atoms with Gasteiger partial charge in [0.05, 0.1) is 0 Å². The van der Waals surface area contributed by atoms with Gasteiger partial charge in [-0.15, -0.1) is 0 Å². The van der Waals surface area contributed by atoms with Gasteiger partial charge in [-0.05, 0) is 19.4 Å². The lowest BCUT2D eigenvalue weighted by Gasteiger charge is -2.20. The molecule has 0 aromatic rings. The second-order valence-corrected chi connectivity index (χ2v) is 3.34. The molecule has 1 heterocycles. The van der Waals surface area contributed by atoms with E-state index in [4.69, 9.17) is 0 Å². The van der Waals surface area contributed by atoms with Gasteiger partial charge in [-0.3, -0.25) is 0 Å². The minimum Gasteiger partial charge on any atom is -0.314 e. The van der Waals surface area contributed by atoms with Gasteiger partial charge in [0, 0.05) is 18.4 Å². The third-order valence-electron chi connectivity index (χ3n) is 2.61. The van der Waals surface area contributed by atoms with E-state index < -0.39 is 5.92 Å². The standard InChI is InChI=1S/C7H11F2N/c8-7(9)4-6-3-5(7)1-2-10-6/h5-6,10H,1-4H2. The van der Waals surface area contributed by atoms with Crippen LogP contribution in [0.4, 0.5) is 8.78 Å². The molecular weight excluding hydrogens is 136 g/mol. The molecule has 2 fully saturated rings. The van der Waals surface area contributed by atoms with Crippen molar-refractivity contribution in [2.24, 2.45) is 5.92 Å². The summed E-state index contributed by atoms with van der Waals surface area (Å²) in [6, 6.07) is 0.105. The predicted molar refractivity (Wildman–Crippen MR) is 34.1 cm³/mol. The lowest BCUT2D eigenvalue weighted by atomic mass is 9.99. The fourth-order valence-electron chi connectivity index (χ4n) is 2.04. The summed E-state index contributed by atoms with van der Waals surface area (Å²) in [7, 11) is 0. The van der Waals surface area contributed by atoms with Crippen LogP contribution in [-0.4, -0.2) is 18.5 Å². The molecule has 0 radical (unpaired) electrons. The summed E-state index contributed by atoms with van der Waals surface area (Å²) in [5, 5.41) is 3.09. The van der Waals surface area contributed by atoms with E-state index in [0.29, 0.717) is 12.8 Å². The van der Waals surface area contributed by atoms with Gasteiger partial charge in [0.1, 0.15) is 0 Å². The van der Waals surface area contributed by atoms with E-state index in [1.807, 2.05) is 0 Å². The van der Waals surface area contributed by atoms with E-state index in [1.54, 1.807) is 0 Å². The van der Waals surface area contributed by atoms with E-state index >= 15 is 0 Å². The van der Waals surface area contributed by atoms with Gasteiger partial charge in [-0.1, -0.05) is 0 Å². The summed E-state index contributed by atoms with van der Waals surface area (Å²) in [5.74, 6) is -2.69. The van der Waals surface area contributed by atoms with E-state index in [0.717, 1.165) is 6.54 Å². The number of hydrogen-bond donors (Lipinski definition) is 1. The molecule has 0 aromatic carbocycles. The number of halogens is 2. The Kier molecular flexibility index (Phi) is 1.24. The highest BCUT2D eigenvalue weighted by Gasteiger charge is 2.49. The topological polar surface area (TPSA) is 12.0 Å². The lowest BCUT2D eigenvalue weighted by molar-refractivity contribution is -0.0364. The molecule has 1 aliphatic carbocycles. The zero-order valence-electron chi connectivity index (χ0n) is 5.74. The van der Waals surface area contributed by atoms with E-state index in [1.165, 1.54) is 0 Å². The van der Waals surface area contributed by atoms with Crippen molar-refractivity contribution in [1.82, 2.24) is 5.32 Å². The molecule has 58 valence electrons. The van der Waals surface area contributed by atoms with Gasteiger partial charge in [-0.2, -0.15) is 0 Å². The number of nitrogens with one attached hydrogen (secondary N) is 1. The molecule has 2 atom stereocenters. The average Bonchev–Trinajstić information content (AvgIpc) is 2.04. The highest BCUT2D eigenvalue weighted by molar-refractivity contribution is 4.96. The fourth-order valence-corrected chi connectivity index (χ4v) is 2.04. The molecule has 2 aliphatic rings. The highest BCUT2D eigenvalue weighted by Crippen LogP contribution is 2.44. The molecule has 3 heteroatoms. The van der Waals surface area contributed by atoms with Gasteiger partial charge in [0.25, 0.3) is 5.92 Å². The van der Waals surface area contributed by atoms with E-state index in [-0.39, 0.29) is 18.4 Å². The second kappa shape index (κ2) is 1.91. The molecule has 2 bridgehead atoms. The van der Waals surface area contributed by atoms with Gasteiger partial charge in [0.15, 0.2) is 0 Å². The van der Waals surface area contributed by atoms with Crippen LogP contribution in [0.2, 0.25) is 0 Å². The van der Waals surface area contributed by atoms with Crippen molar-refractivity contribution in [3.8, 4) is 0 Å². The van der Waals surface area contributed by atoms with Crippen LogP contribution in [0, 0.1) is 5.92 Å². The van der Waals surface area contributed by atoms with Crippen LogP contribution in [0.15, 0.2) is 0 Å². The Morgan fingerprint density at radius 2 is 2.20 bits per heavy atom. The molecule has 1 saturated carbocycles. The third kappa shape index (κ3) is 0.839. The molecular formula is C7H11F2N. The molecule has 0 spiro atoms. The number of piperidine rings is 1. The predicted octanol–water partition coefficient (Wildman–Crippen LogP) is 1.39. The van der Waals surface area contributed by atoms with Crippen molar-refractivity contribution in [3.05, 3.63) is 0 Å². The number of fused-ring (bicyclic) bond motifs is 2. The minimum absolute atomic E-state index is 0.0671. The monoisotopic (exact) mass is 147 g/mol. The maximum atomic E-state index is 12.9. The normalized spacial score (nSPS) is 43.8. The van der Waals surface area contributed by atoms with Crippen molar-refractivity contribution in [2.75, 3.05) is 6.54 Å². The van der Waals surface area contributed by atoms with Crippen LogP contribution in [0.25, 0.3) is 0 Å². The third-order valence-corrected chi connectivity index (χ3v) is 2.61. The Morgan fingerprint density at radius 1 is 1.40 bits per heavy atom. The minimum atomic E-state index is -2.37. The van der Waals surface area contributed by atoms with Crippen LogP contribution >= 0.6 is 0 Å². The molecule has 2 unspecified atom stereocenters. The second-order valence-electron chi connectivity index (χ2n) is 3.34. The van der Waals surface area contributed by atoms with Crippen molar-refractivity contribution < 1.29 is 8.78 Å². The molecule has 1 nitrogen and oxygen atoms in total. The van der Waals surface area contributed by atoms with Crippen LogP contribution in [0.1, 0.15) is 19.3 Å². The smallest absolute Gasteiger partial charge is 0.252 e. The van der Waals surface area contributed by atoms with Crippen LogP contribution in [0.3, 0.4) is 0 Å². The Labute approximate surface area is 58.8 Å². The quantitative estimate of drug-likeness (QED) is 0.546. The molecule has 1 N–H and O–H groups in total. The summed E-state index contributed by atoms with van der Waals surface area (Å²) in [6.45, 7) is 0.783. The van der Waals surface area contributed by atoms with Crippen molar-refractivity contribution >= 4 is 0 Å². The van der Waals surface area contributed by atoms with Gasteiger partial charge in [-0.25, -0.2) is 8.78 Å². The van der Waals surface area contributed by atoms with E-state index in [2.05, 4.69) is 5.32 Å². The highest BCUT2D eigenvalue weighted by atomic mass is 19.3. The molecule has 1 aliphatic heterocycles. The first-order valence-electron chi connectivity index (χ1n) is 3.80. The number of hydrogen-bond acceptors (Lipinski definition) is 1. The van der Waals surface area contributed by atoms with Crippen molar-refractivity contribution in [2.45, 2.75) is 31.2 Å². The molecule has 2 rings (SSSR count). The summed E-state index contributed by atoms with van der Waals surface area (Å²) >= 11 is 0. The van der Waals surface area contributed by atoms with Gasteiger partial charge < -0.3 is 5.32 Å². The zero-order valence-corrected chi connectivity index (χ0v) is 5.74. The summed E-state index contributed by atoms with van der Waals surface area (Å²) in [4.78, 5) is 0. The summed E-state index contributed by atoms with van der Waals surface area (Å²) in [5.41, 5.74) is 0. The SMILES string of the molecule is FC1(F)CC2CC1CCN2. The maximum Gasteiger partial charge on any atom is 0.252 e. The first kappa shape index (κ1) is 6.53. The van der Waals surface area contributed by atoms with Crippen molar-refractivity contribution in [1.29, 1.82) is 0 Å². The Hall–Kier alpha value is -0.180. The first-order chi connectivity index (χ1) is 4.68. The van der Waals surface area contributed by atoms with Gasteiger partial charge >= 0.3 is 0 Å².